The van der Waals surface area contributed by atoms with Crippen molar-refractivity contribution in [1.29, 1.82) is 0 Å². The third-order valence-corrected chi connectivity index (χ3v) is 5.26. The molecule has 7 nitrogen and oxygen atoms in total. The van der Waals surface area contributed by atoms with Crippen LogP contribution in [0.4, 0.5) is 5.69 Å². The van der Waals surface area contributed by atoms with E-state index in [0.29, 0.717) is 11.3 Å². The summed E-state index contributed by atoms with van der Waals surface area (Å²) in [6, 6.07) is 6.10. The minimum atomic E-state index is -3.50. The van der Waals surface area contributed by atoms with Crippen LogP contribution in [0, 0.1) is 5.92 Å². The number of esters is 1. The molecule has 1 aromatic rings. The van der Waals surface area contributed by atoms with Crippen molar-refractivity contribution in [3.63, 3.8) is 0 Å². The number of carbonyl (C=O) groups excluding carboxylic acids is 2. The SMILES string of the molecule is COC(=O)c1ccc(N(CCNC(=O)C2CCC2)S(C)(=O)=O)cc1. The van der Waals surface area contributed by atoms with Gasteiger partial charge in [-0.1, -0.05) is 6.42 Å². The van der Waals surface area contributed by atoms with Gasteiger partial charge >= 0.3 is 5.97 Å². The van der Waals surface area contributed by atoms with Crippen molar-refractivity contribution < 1.29 is 22.7 Å². The fourth-order valence-electron chi connectivity index (χ4n) is 2.46. The van der Waals surface area contributed by atoms with Gasteiger partial charge in [-0.3, -0.25) is 9.10 Å². The quantitative estimate of drug-likeness (QED) is 0.742. The Morgan fingerprint density at radius 3 is 2.33 bits per heavy atom. The van der Waals surface area contributed by atoms with Crippen molar-refractivity contribution >= 4 is 27.6 Å². The highest BCUT2D eigenvalue weighted by molar-refractivity contribution is 7.92. The van der Waals surface area contributed by atoms with Gasteiger partial charge in [-0.05, 0) is 37.1 Å². The molecule has 0 bridgehead atoms. The first kappa shape index (κ1) is 18.3. The molecule has 0 saturated heterocycles. The number of anilines is 1. The number of nitrogens with one attached hydrogen (secondary N) is 1. The molecular weight excluding hydrogens is 332 g/mol. The fraction of sp³-hybridized carbons (Fsp3) is 0.500. The maximum Gasteiger partial charge on any atom is 0.337 e. The molecule has 0 unspecified atom stereocenters. The molecule has 0 aromatic heterocycles. The van der Waals surface area contributed by atoms with Crippen LogP contribution in [0.1, 0.15) is 29.6 Å². The van der Waals surface area contributed by atoms with Crippen molar-refractivity contribution in [1.82, 2.24) is 5.32 Å². The van der Waals surface area contributed by atoms with E-state index in [2.05, 4.69) is 10.1 Å². The summed E-state index contributed by atoms with van der Waals surface area (Å²) in [5, 5.41) is 2.78. The Morgan fingerprint density at radius 2 is 1.88 bits per heavy atom. The minimum absolute atomic E-state index is 0.0178. The maximum atomic E-state index is 12.0. The van der Waals surface area contributed by atoms with E-state index in [0.717, 1.165) is 25.5 Å². The van der Waals surface area contributed by atoms with Gasteiger partial charge in [0.15, 0.2) is 0 Å². The molecule has 1 fully saturated rings. The summed E-state index contributed by atoms with van der Waals surface area (Å²) in [6.07, 6.45) is 3.97. The highest BCUT2D eigenvalue weighted by Gasteiger charge is 2.25. The second-order valence-electron chi connectivity index (χ2n) is 5.79. The summed E-state index contributed by atoms with van der Waals surface area (Å²) in [5.74, 6) is -0.438. The maximum absolute atomic E-state index is 12.0. The van der Waals surface area contributed by atoms with Crippen LogP contribution in [0.25, 0.3) is 0 Å². The van der Waals surface area contributed by atoms with Crippen LogP contribution >= 0.6 is 0 Å². The van der Waals surface area contributed by atoms with Crippen molar-refractivity contribution in [2.24, 2.45) is 5.92 Å². The van der Waals surface area contributed by atoms with E-state index in [1.54, 1.807) is 12.1 Å². The Balaban J connectivity index is 2.02. The number of benzene rings is 1. The van der Waals surface area contributed by atoms with E-state index in [4.69, 9.17) is 0 Å². The first-order valence-electron chi connectivity index (χ1n) is 7.76. The van der Waals surface area contributed by atoms with E-state index in [1.807, 2.05) is 0 Å². The van der Waals surface area contributed by atoms with Crippen molar-refractivity contribution in [2.75, 3.05) is 30.8 Å². The van der Waals surface area contributed by atoms with Crippen molar-refractivity contribution in [3.8, 4) is 0 Å². The zero-order valence-electron chi connectivity index (χ0n) is 13.8. The van der Waals surface area contributed by atoms with Gasteiger partial charge in [0.25, 0.3) is 0 Å². The van der Waals surface area contributed by atoms with Gasteiger partial charge in [-0.15, -0.1) is 0 Å². The van der Waals surface area contributed by atoms with Crippen LogP contribution in [0.2, 0.25) is 0 Å². The lowest BCUT2D eigenvalue weighted by atomic mass is 9.85. The van der Waals surface area contributed by atoms with E-state index in [-0.39, 0.29) is 24.9 Å². The normalized spacial score (nSPS) is 14.6. The molecule has 1 N–H and O–H groups in total. The molecule has 8 heteroatoms. The van der Waals surface area contributed by atoms with Crippen LogP contribution in [0.3, 0.4) is 0 Å². The summed E-state index contributed by atoms with van der Waals surface area (Å²) in [6.45, 7) is 0.371. The predicted octanol–water partition coefficient (Wildman–Crippen LogP) is 1.16. The number of rotatable bonds is 7. The zero-order valence-corrected chi connectivity index (χ0v) is 14.6. The van der Waals surface area contributed by atoms with Gasteiger partial charge < -0.3 is 10.1 Å². The number of hydrogen-bond donors (Lipinski definition) is 1. The third kappa shape index (κ3) is 4.47. The Hall–Kier alpha value is -2.09. The Bertz CT molecular complexity index is 696. The van der Waals surface area contributed by atoms with Crippen LogP contribution in [-0.4, -0.2) is 46.7 Å². The Kier molecular flexibility index (Phi) is 5.82. The number of ether oxygens (including phenoxy) is 1. The third-order valence-electron chi connectivity index (χ3n) is 4.07. The molecule has 1 saturated carbocycles. The molecule has 1 aliphatic carbocycles. The second-order valence-corrected chi connectivity index (χ2v) is 7.70. The number of nitrogens with zero attached hydrogens (tertiary/aromatic N) is 1. The topological polar surface area (TPSA) is 92.8 Å². The van der Waals surface area contributed by atoms with Gasteiger partial charge in [0.2, 0.25) is 15.9 Å². The lowest BCUT2D eigenvalue weighted by Gasteiger charge is -2.26. The summed E-state index contributed by atoms with van der Waals surface area (Å²) >= 11 is 0. The van der Waals surface area contributed by atoms with Crippen LogP contribution < -0.4 is 9.62 Å². The fourth-order valence-corrected chi connectivity index (χ4v) is 3.39. The monoisotopic (exact) mass is 354 g/mol. The van der Waals surface area contributed by atoms with Gasteiger partial charge in [0.05, 0.1) is 31.2 Å². The summed E-state index contributed by atoms with van der Waals surface area (Å²) < 4.78 is 29.8. The molecule has 0 heterocycles. The number of amides is 1. The van der Waals surface area contributed by atoms with E-state index in [1.165, 1.54) is 23.5 Å². The smallest absolute Gasteiger partial charge is 0.337 e. The van der Waals surface area contributed by atoms with Crippen molar-refractivity contribution in [3.05, 3.63) is 29.8 Å². The second kappa shape index (κ2) is 7.65. The van der Waals surface area contributed by atoms with Gasteiger partial charge in [-0.2, -0.15) is 0 Å². The van der Waals surface area contributed by atoms with E-state index < -0.39 is 16.0 Å². The standard InChI is InChI=1S/C16H22N2O5S/c1-23-16(20)13-6-8-14(9-7-13)18(24(2,21)22)11-10-17-15(19)12-4-3-5-12/h6-9,12H,3-5,10-11H2,1-2H3,(H,17,19). The van der Waals surface area contributed by atoms with E-state index in [9.17, 15) is 18.0 Å². The molecule has 132 valence electrons. The molecule has 1 aliphatic rings. The molecule has 2 rings (SSSR count). The van der Waals surface area contributed by atoms with E-state index >= 15 is 0 Å². The van der Waals surface area contributed by atoms with Gasteiger partial charge in [-0.25, -0.2) is 13.2 Å². The highest BCUT2D eigenvalue weighted by Crippen LogP contribution is 2.26. The first-order chi connectivity index (χ1) is 11.3. The summed E-state index contributed by atoms with van der Waals surface area (Å²) in [5.41, 5.74) is 0.774. The largest absolute Gasteiger partial charge is 0.465 e. The number of carbonyl (C=O) groups is 2. The Labute approximate surface area is 142 Å². The lowest BCUT2D eigenvalue weighted by molar-refractivity contribution is -0.127. The lowest BCUT2D eigenvalue weighted by Crippen LogP contribution is -2.41. The zero-order chi connectivity index (χ0) is 17.7. The molecular formula is C16H22N2O5S. The van der Waals surface area contributed by atoms with Crippen molar-refractivity contribution in [2.45, 2.75) is 19.3 Å². The molecule has 0 spiro atoms. The molecule has 0 aliphatic heterocycles. The van der Waals surface area contributed by atoms with Gasteiger partial charge in [0.1, 0.15) is 0 Å². The molecule has 1 amide bonds. The average molecular weight is 354 g/mol. The molecule has 1 aromatic carbocycles. The van der Waals surface area contributed by atoms with Crippen LogP contribution in [-0.2, 0) is 19.6 Å². The summed E-state index contributed by atoms with van der Waals surface area (Å²) in [4.78, 5) is 23.2. The van der Waals surface area contributed by atoms with Gasteiger partial charge in [0, 0.05) is 12.5 Å². The van der Waals surface area contributed by atoms with Crippen LogP contribution in [0.5, 0.6) is 0 Å². The number of methoxy groups -OCH3 is 1. The highest BCUT2D eigenvalue weighted by atomic mass is 32.2. The summed E-state index contributed by atoms with van der Waals surface area (Å²) in [7, 11) is -2.22. The minimum Gasteiger partial charge on any atom is -0.465 e. The number of sulfonamides is 1. The molecule has 0 atom stereocenters. The molecule has 0 radical (unpaired) electrons. The first-order valence-corrected chi connectivity index (χ1v) is 9.61. The Morgan fingerprint density at radius 1 is 1.25 bits per heavy atom. The number of hydrogen-bond acceptors (Lipinski definition) is 5. The predicted molar refractivity (Wildman–Crippen MR) is 90.3 cm³/mol. The molecule has 24 heavy (non-hydrogen) atoms. The van der Waals surface area contributed by atoms with Crippen LogP contribution in [0.15, 0.2) is 24.3 Å². The average Bonchev–Trinajstić information content (AvgIpc) is 2.48.